The second kappa shape index (κ2) is 6.54. The second-order valence-corrected chi connectivity index (χ2v) is 6.81. The lowest BCUT2D eigenvalue weighted by Gasteiger charge is -2.13. The second-order valence-electron chi connectivity index (χ2n) is 6.37. The van der Waals surface area contributed by atoms with Crippen molar-refractivity contribution in [1.82, 2.24) is 9.88 Å². The highest BCUT2D eigenvalue weighted by molar-refractivity contribution is 6.30. The summed E-state index contributed by atoms with van der Waals surface area (Å²) in [5, 5.41) is 3.20. The number of carbonyl (C=O) groups excluding carboxylic acids is 1. The summed E-state index contributed by atoms with van der Waals surface area (Å²) >= 11 is 6.08. The Bertz CT molecular complexity index is 990. The molecule has 0 radical (unpaired) electrons. The Morgan fingerprint density at radius 1 is 1.19 bits per heavy atom. The van der Waals surface area contributed by atoms with Crippen LogP contribution in [0.2, 0.25) is 5.02 Å². The van der Waals surface area contributed by atoms with Gasteiger partial charge >= 0.3 is 6.09 Å². The number of hydrogen-bond donors (Lipinski definition) is 1. The predicted octanol–water partition coefficient (Wildman–Crippen LogP) is 4.87. The summed E-state index contributed by atoms with van der Waals surface area (Å²) in [6.07, 6.45) is 0.445. The summed E-state index contributed by atoms with van der Waals surface area (Å²) in [4.78, 5) is 11.6. The van der Waals surface area contributed by atoms with E-state index in [2.05, 4.69) is 41.1 Å². The molecule has 0 atom stereocenters. The summed E-state index contributed by atoms with van der Waals surface area (Å²) in [7, 11) is 1.56. The number of aromatic nitrogens is 1. The normalized spacial score (nSPS) is 11.8. The number of carbonyl (C=O) groups is 1. The first-order valence-electron chi connectivity index (χ1n) is 8.52. The van der Waals surface area contributed by atoms with Crippen LogP contribution in [0.15, 0.2) is 48.5 Å². The van der Waals surface area contributed by atoms with Gasteiger partial charge in [0.2, 0.25) is 0 Å². The minimum Gasteiger partial charge on any atom is -0.445 e. The molecule has 26 heavy (non-hydrogen) atoms. The number of fused-ring (bicyclic) bond motifs is 3. The predicted molar refractivity (Wildman–Crippen MR) is 103 cm³/mol. The Balaban J connectivity index is 1.90. The van der Waals surface area contributed by atoms with E-state index in [-0.39, 0.29) is 6.61 Å². The minimum absolute atomic E-state index is 0.228. The maximum Gasteiger partial charge on any atom is 0.407 e. The highest BCUT2D eigenvalue weighted by atomic mass is 35.5. The topological polar surface area (TPSA) is 43.3 Å². The molecule has 0 saturated heterocycles. The summed E-state index contributed by atoms with van der Waals surface area (Å²) in [6, 6.07) is 16.2. The van der Waals surface area contributed by atoms with Gasteiger partial charge in [0.15, 0.2) is 0 Å². The van der Waals surface area contributed by atoms with E-state index < -0.39 is 6.09 Å². The molecule has 5 heteroatoms. The van der Waals surface area contributed by atoms with Crippen LogP contribution in [0.3, 0.4) is 0 Å². The summed E-state index contributed by atoms with van der Waals surface area (Å²) in [5.41, 5.74) is 8.03. The zero-order valence-electron chi connectivity index (χ0n) is 14.7. The Kier molecular flexibility index (Phi) is 4.21. The van der Waals surface area contributed by atoms with Crippen molar-refractivity contribution in [2.75, 3.05) is 7.05 Å². The molecular weight excluding hydrogens is 348 g/mol. The average molecular weight is 367 g/mol. The Morgan fingerprint density at radius 3 is 2.65 bits per heavy atom. The van der Waals surface area contributed by atoms with Crippen LogP contribution in [0.25, 0.3) is 16.9 Å². The molecule has 1 aliphatic heterocycles. The summed E-state index contributed by atoms with van der Waals surface area (Å²) in [5.74, 6) is 0. The van der Waals surface area contributed by atoms with Gasteiger partial charge in [0, 0.05) is 35.4 Å². The van der Waals surface area contributed by atoms with Crippen molar-refractivity contribution in [2.24, 2.45) is 0 Å². The minimum atomic E-state index is -0.432. The molecule has 132 valence electrons. The van der Waals surface area contributed by atoms with Gasteiger partial charge < -0.3 is 14.6 Å². The number of para-hydroxylation sites is 1. The highest BCUT2D eigenvalue weighted by Crippen LogP contribution is 2.41. The first-order chi connectivity index (χ1) is 12.6. The molecule has 3 aromatic rings. The lowest BCUT2D eigenvalue weighted by molar-refractivity contribution is 0.142. The van der Waals surface area contributed by atoms with Crippen LogP contribution in [-0.4, -0.2) is 17.7 Å². The third-order valence-corrected chi connectivity index (χ3v) is 5.18. The summed E-state index contributed by atoms with van der Waals surface area (Å²) < 4.78 is 7.67. The standard InChI is InChI=1S/C21H19ClN2O2/c1-13-17(12-26-21(25)23-2)20(14-7-9-16(22)10-8-14)24-18-6-4-3-5-15(18)11-19(13)24/h3-10H,11-12H2,1-2H3,(H,23,25). The molecule has 1 aliphatic rings. The van der Waals surface area contributed by atoms with Gasteiger partial charge in [0.25, 0.3) is 0 Å². The van der Waals surface area contributed by atoms with Crippen LogP contribution in [0, 0.1) is 6.92 Å². The van der Waals surface area contributed by atoms with E-state index in [9.17, 15) is 4.79 Å². The van der Waals surface area contributed by atoms with E-state index in [4.69, 9.17) is 16.3 Å². The zero-order chi connectivity index (χ0) is 18.3. The van der Waals surface area contributed by atoms with Crippen molar-refractivity contribution in [3.63, 3.8) is 0 Å². The number of benzene rings is 2. The van der Waals surface area contributed by atoms with E-state index in [0.717, 1.165) is 28.8 Å². The van der Waals surface area contributed by atoms with Crippen molar-refractivity contribution >= 4 is 17.7 Å². The van der Waals surface area contributed by atoms with Crippen LogP contribution in [0.5, 0.6) is 0 Å². The molecule has 0 fully saturated rings. The smallest absolute Gasteiger partial charge is 0.407 e. The maximum absolute atomic E-state index is 11.6. The zero-order valence-corrected chi connectivity index (χ0v) is 15.4. The Labute approximate surface area is 157 Å². The molecule has 1 amide bonds. The molecule has 0 bridgehead atoms. The number of nitrogens with one attached hydrogen (secondary N) is 1. The van der Waals surface area contributed by atoms with Gasteiger partial charge in [-0.25, -0.2) is 4.79 Å². The van der Waals surface area contributed by atoms with Crippen molar-refractivity contribution in [1.29, 1.82) is 0 Å². The maximum atomic E-state index is 11.6. The van der Waals surface area contributed by atoms with Crippen LogP contribution in [0.4, 0.5) is 4.79 Å². The monoisotopic (exact) mass is 366 g/mol. The highest BCUT2D eigenvalue weighted by Gasteiger charge is 2.28. The fourth-order valence-electron chi connectivity index (χ4n) is 3.62. The molecule has 1 N–H and O–H groups in total. The first-order valence-corrected chi connectivity index (χ1v) is 8.89. The first kappa shape index (κ1) is 16.7. The lowest BCUT2D eigenvalue weighted by Crippen LogP contribution is -2.19. The van der Waals surface area contributed by atoms with Crippen molar-refractivity contribution in [3.05, 3.63) is 75.9 Å². The van der Waals surface area contributed by atoms with Crippen molar-refractivity contribution in [3.8, 4) is 16.9 Å². The van der Waals surface area contributed by atoms with Crippen LogP contribution in [0.1, 0.15) is 22.4 Å². The molecule has 0 unspecified atom stereocenters. The van der Waals surface area contributed by atoms with Gasteiger partial charge in [-0.15, -0.1) is 0 Å². The van der Waals surface area contributed by atoms with E-state index >= 15 is 0 Å². The van der Waals surface area contributed by atoms with E-state index in [1.807, 2.05) is 24.3 Å². The van der Waals surface area contributed by atoms with Crippen molar-refractivity contribution in [2.45, 2.75) is 20.0 Å². The Morgan fingerprint density at radius 2 is 1.92 bits per heavy atom. The molecule has 0 aliphatic carbocycles. The van der Waals surface area contributed by atoms with Crippen LogP contribution < -0.4 is 5.32 Å². The van der Waals surface area contributed by atoms with Gasteiger partial charge in [-0.2, -0.15) is 0 Å². The van der Waals surface area contributed by atoms with Gasteiger partial charge in [-0.05, 0) is 41.8 Å². The molecule has 2 heterocycles. The van der Waals surface area contributed by atoms with E-state index in [1.165, 1.54) is 16.9 Å². The molecular formula is C21H19ClN2O2. The fourth-order valence-corrected chi connectivity index (χ4v) is 3.75. The SMILES string of the molecule is CNC(=O)OCc1c(C)c2n(c1-c1ccc(Cl)cc1)-c1ccccc1C2. The number of rotatable bonds is 3. The van der Waals surface area contributed by atoms with Gasteiger partial charge in [0.05, 0.1) is 5.69 Å². The van der Waals surface area contributed by atoms with Crippen LogP contribution in [-0.2, 0) is 17.8 Å². The fraction of sp³-hybridized carbons (Fsp3) is 0.190. The quantitative estimate of drug-likeness (QED) is 0.562. The average Bonchev–Trinajstić information content (AvgIpc) is 3.16. The molecule has 1 aromatic heterocycles. The molecule has 4 rings (SSSR count). The number of halogens is 1. The van der Waals surface area contributed by atoms with Gasteiger partial charge in [0.1, 0.15) is 6.61 Å². The number of alkyl carbamates (subject to hydrolysis) is 1. The number of amides is 1. The van der Waals surface area contributed by atoms with E-state index in [1.54, 1.807) is 7.05 Å². The lowest BCUT2D eigenvalue weighted by atomic mass is 10.0. The van der Waals surface area contributed by atoms with E-state index in [0.29, 0.717) is 5.02 Å². The third-order valence-electron chi connectivity index (χ3n) is 4.92. The molecule has 0 spiro atoms. The molecule has 4 nitrogen and oxygen atoms in total. The van der Waals surface area contributed by atoms with Crippen molar-refractivity contribution < 1.29 is 9.53 Å². The van der Waals surface area contributed by atoms with Crippen LogP contribution >= 0.6 is 11.6 Å². The number of hydrogen-bond acceptors (Lipinski definition) is 2. The van der Waals surface area contributed by atoms with Gasteiger partial charge in [-0.3, -0.25) is 0 Å². The molecule has 0 saturated carbocycles. The van der Waals surface area contributed by atoms with Gasteiger partial charge in [-0.1, -0.05) is 41.9 Å². The summed E-state index contributed by atoms with van der Waals surface area (Å²) in [6.45, 7) is 2.32. The third kappa shape index (κ3) is 2.67. The largest absolute Gasteiger partial charge is 0.445 e. The number of nitrogens with zero attached hydrogens (tertiary/aromatic N) is 1. The number of ether oxygens (including phenoxy) is 1. The Hall–Kier alpha value is -2.72. The molecule has 2 aromatic carbocycles.